The lowest BCUT2D eigenvalue weighted by molar-refractivity contribution is -0.384. The van der Waals surface area contributed by atoms with E-state index >= 15 is 0 Å². The Kier molecular flexibility index (Phi) is 8.15. The van der Waals surface area contributed by atoms with Crippen molar-refractivity contribution in [1.82, 2.24) is 5.32 Å². The Bertz CT molecular complexity index is 1050. The highest BCUT2D eigenvalue weighted by molar-refractivity contribution is 7.92. The summed E-state index contributed by atoms with van der Waals surface area (Å²) in [5.74, 6) is -0.455. The molecule has 0 saturated carbocycles. The van der Waals surface area contributed by atoms with Gasteiger partial charge in [0.2, 0.25) is 15.9 Å². The number of hydrogen-bond acceptors (Lipinski definition) is 5. The molecule has 31 heavy (non-hydrogen) atoms. The van der Waals surface area contributed by atoms with Crippen LogP contribution in [-0.4, -0.2) is 31.5 Å². The van der Waals surface area contributed by atoms with Crippen molar-refractivity contribution in [3.63, 3.8) is 0 Å². The number of sulfonamides is 1. The van der Waals surface area contributed by atoms with Crippen LogP contribution in [0.5, 0.6) is 0 Å². The monoisotopic (exact) mass is 447 g/mol. The molecule has 168 valence electrons. The van der Waals surface area contributed by atoms with E-state index in [-0.39, 0.29) is 24.3 Å². The van der Waals surface area contributed by atoms with Crippen molar-refractivity contribution in [2.75, 3.05) is 10.6 Å². The zero-order valence-electron chi connectivity index (χ0n) is 18.3. The van der Waals surface area contributed by atoms with Crippen molar-refractivity contribution in [2.24, 2.45) is 0 Å². The molecule has 0 aliphatic rings. The van der Waals surface area contributed by atoms with Crippen LogP contribution in [0, 0.1) is 10.1 Å². The summed E-state index contributed by atoms with van der Waals surface area (Å²) in [6.07, 6.45) is 2.88. The number of nitro groups is 1. The summed E-state index contributed by atoms with van der Waals surface area (Å²) < 4.78 is 26.1. The molecule has 2 rings (SSSR count). The number of nitrogens with one attached hydrogen (secondary N) is 1. The van der Waals surface area contributed by atoms with Crippen LogP contribution >= 0.6 is 0 Å². The average molecular weight is 448 g/mol. The molecule has 0 aliphatic carbocycles. The zero-order chi connectivity index (χ0) is 23.2. The Morgan fingerprint density at radius 3 is 2.35 bits per heavy atom. The zero-order valence-corrected chi connectivity index (χ0v) is 19.1. The fourth-order valence-electron chi connectivity index (χ4n) is 3.51. The van der Waals surface area contributed by atoms with E-state index in [9.17, 15) is 23.3 Å². The largest absolute Gasteiger partial charge is 0.350 e. The number of non-ortho nitro benzene ring substituents is 1. The standard InChI is InChI=1S/C22H29N3O5S/c1-5-16-11-12-17(6-2)18(13-16)15-23-22(26)21(7-3)24(31(4,29)30)19-9-8-10-20(14-19)25(27)28/h8-14,21H,5-7,15H2,1-4H3,(H,23,26). The van der Waals surface area contributed by atoms with Crippen molar-refractivity contribution in [1.29, 1.82) is 0 Å². The smallest absolute Gasteiger partial charge is 0.271 e. The fraction of sp³-hybridized carbons (Fsp3) is 0.409. The highest BCUT2D eigenvalue weighted by Gasteiger charge is 2.32. The van der Waals surface area contributed by atoms with E-state index in [1.165, 1.54) is 18.2 Å². The number of anilines is 1. The molecule has 0 bridgehead atoms. The van der Waals surface area contributed by atoms with Crippen LogP contribution in [0.1, 0.15) is 43.9 Å². The van der Waals surface area contributed by atoms with Gasteiger partial charge in [-0.05, 0) is 42.0 Å². The lowest BCUT2D eigenvalue weighted by Crippen LogP contribution is -2.49. The van der Waals surface area contributed by atoms with Crippen molar-refractivity contribution < 1.29 is 18.1 Å². The first-order valence-corrected chi connectivity index (χ1v) is 12.1. The summed E-state index contributed by atoms with van der Waals surface area (Å²) >= 11 is 0. The summed E-state index contributed by atoms with van der Waals surface area (Å²) in [6.45, 7) is 6.07. The topological polar surface area (TPSA) is 110 Å². The van der Waals surface area contributed by atoms with Crippen LogP contribution in [0.4, 0.5) is 11.4 Å². The van der Waals surface area contributed by atoms with Crippen molar-refractivity contribution in [3.05, 3.63) is 69.3 Å². The molecule has 0 fully saturated rings. The quantitative estimate of drug-likeness (QED) is 0.442. The third-order valence-corrected chi connectivity index (χ3v) is 6.32. The van der Waals surface area contributed by atoms with Gasteiger partial charge in [0.1, 0.15) is 6.04 Å². The number of aryl methyl sites for hydroxylation is 2. The van der Waals surface area contributed by atoms with Gasteiger partial charge in [-0.2, -0.15) is 0 Å². The van der Waals surface area contributed by atoms with E-state index in [1.54, 1.807) is 6.92 Å². The summed E-state index contributed by atoms with van der Waals surface area (Å²) in [6, 6.07) is 10.4. The molecule has 2 aromatic rings. The van der Waals surface area contributed by atoms with Crippen molar-refractivity contribution in [3.8, 4) is 0 Å². The minimum atomic E-state index is -3.87. The van der Waals surface area contributed by atoms with Crippen LogP contribution < -0.4 is 9.62 Å². The SMILES string of the molecule is CCc1ccc(CC)c(CNC(=O)C(CC)N(c2cccc([N+](=O)[O-])c2)S(C)(=O)=O)c1. The predicted molar refractivity (Wildman–Crippen MR) is 122 cm³/mol. The molecule has 0 radical (unpaired) electrons. The number of rotatable bonds is 10. The Morgan fingerprint density at radius 1 is 1.10 bits per heavy atom. The van der Waals surface area contributed by atoms with E-state index in [1.807, 2.05) is 13.0 Å². The fourth-order valence-corrected chi connectivity index (χ4v) is 4.72. The Hall–Kier alpha value is -2.94. The van der Waals surface area contributed by atoms with Gasteiger partial charge in [-0.15, -0.1) is 0 Å². The third kappa shape index (κ3) is 6.04. The maximum absolute atomic E-state index is 13.0. The van der Waals surface area contributed by atoms with Crippen LogP contribution in [0.15, 0.2) is 42.5 Å². The van der Waals surface area contributed by atoms with Gasteiger partial charge in [0, 0.05) is 18.7 Å². The molecule has 8 nitrogen and oxygen atoms in total. The lowest BCUT2D eigenvalue weighted by Gasteiger charge is -2.30. The van der Waals surface area contributed by atoms with E-state index in [4.69, 9.17) is 0 Å². The van der Waals surface area contributed by atoms with Crippen molar-refractivity contribution >= 4 is 27.3 Å². The van der Waals surface area contributed by atoms with Crippen LogP contribution in [0.2, 0.25) is 0 Å². The molecule has 0 aliphatic heterocycles. The number of carbonyl (C=O) groups excluding carboxylic acids is 1. The number of hydrogen-bond donors (Lipinski definition) is 1. The summed E-state index contributed by atoms with van der Waals surface area (Å²) in [5, 5.41) is 14.0. The molecule has 0 saturated heterocycles. The minimum Gasteiger partial charge on any atom is -0.350 e. The summed E-state index contributed by atoms with van der Waals surface area (Å²) in [4.78, 5) is 23.6. The Morgan fingerprint density at radius 2 is 1.81 bits per heavy atom. The second-order valence-electron chi connectivity index (χ2n) is 7.29. The maximum Gasteiger partial charge on any atom is 0.271 e. The average Bonchev–Trinajstić information content (AvgIpc) is 2.74. The number of nitro benzene ring substituents is 1. The molecule has 0 spiro atoms. The normalized spacial score (nSPS) is 12.3. The van der Waals surface area contributed by atoms with E-state index < -0.39 is 26.9 Å². The lowest BCUT2D eigenvalue weighted by atomic mass is 10.0. The molecular weight excluding hydrogens is 418 g/mol. The van der Waals surface area contributed by atoms with Gasteiger partial charge in [-0.25, -0.2) is 8.42 Å². The van der Waals surface area contributed by atoms with Gasteiger partial charge in [-0.3, -0.25) is 19.2 Å². The number of nitrogens with zero attached hydrogens (tertiary/aromatic N) is 2. The van der Waals surface area contributed by atoms with Gasteiger partial charge in [0.25, 0.3) is 5.69 Å². The van der Waals surface area contributed by atoms with Crippen LogP contribution in [0.25, 0.3) is 0 Å². The van der Waals surface area contributed by atoms with E-state index in [0.29, 0.717) is 0 Å². The highest BCUT2D eigenvalue weighted by atomic mass is 32.2. The first kappa shape index (κ1) is 24.3. The van der Waals surface area contributed by atoms with Gasteiger partial charge in [0.05, 0.1) is 16.9 Å². The molecule has 9 heteroatoms. The second kappa shape index (κ2) is 10.4. The summed E-state index contributed by atoms with van der Waals surface area (Å²) in [7, 11) is -3.87. The maximum atomic E-state index is 13.0. The van der Waals surface area contributed by atoms with Crippen molar-refractivity contribution in [2.45, 2.75) is 52.6 Å². The van der Waals surface area contributed by atoms with E-state index in [0.717, 1.165) is 46.2 Å². The molecule has 1 amide bonds. The third-order valence-electron chi connectivity index (χ3n) is 5.14. The molecule has 1 N–H and O–H groups in total. The van der Waals surface area contributed by atoms with Gasteiger partial charge in [-0.1, -0.05) is 45.0 Å². The van der Waals surface area contributed by atoms with Crippen LogP contribution in [0.3, 0.4) is 0 Å². The number of amides is 1. The first-order valence-electron chi connectivity index (χ1n) is 10.2. The Balaban J connectivity index is 2.34. The van der Waals surface area contributed by atoms with Crippen LogP contribution in [-0.2, 0) is 34.2 Å². The molecule has 1 unspecified atom stereocenters. The number of carbonyl (C=O) groups is 1. The van der Waals surface area contributed by atoms with Gasteiger partial charge < -0.3 is 5.32 Å². The molecule has 1 atom stereocenters. The second-order valence-corrected chi connectivity index (χ2v) is 9.15. The van der Waals surface area contributed by atoms with E-state index in [2.05, 4.69) is 24.4 Å². The molecular formula is C22H29N3O5S. The number of benzene rings is 2. The molecule has 0 heterocycles. The van der Waals surface area contributed by atoms with Gasteiger partial charge in [0.15, 0.2) is 0 Å². The predicted octanol–water partition coefficient (Wildman–Crippen LogP) is 3.58. The van der Waals surface area contributed by atoms with Gasteiger partial charge >= 0.3 is 0 Å². The summed E-state index contributed by atoms with van der Waals surface area (Å²) in [5.41, 5.74) is 3.10. The Labute approximate surface area is 183 Å². The first-order chi connectivity index (χ1) is 14.6. The molecule has 0 aromatic heterocycles. The molecule has 2 aromatic carbocycles. The highest BCUT2D eigenvalue weighted by Crippen LogP contribution is 2.26. The minimum absolute atomic E-state index is 0.0842.